The smallest absolute Gasteiger partial charge is 0.335 e. The number of anilines is 1. The number of aryl methyl sites for hydroxylation is 1. The number of nitrogens with zero attached hydrogens (tertiary/aromatic N) is 2. The normalized spacial score (nSPS) is 15.5. The maximum atomic E-state index is 13.1. The van der Waals surface area contributed by atoms with Gasteiger partial charge in [-0.1, -0.05) is 18.2 Å². The van der Waals surface area contributed by atoms with Gasteiger partial charge in [0.1, 0.15) is 0 Å². The van der Waals surface area contributed by atoms with E-state index in [1.165, 1.54) is 22.5 Å². The van der Waals surface area contributed by atoms with Crippen molar-refractivity contribution in [3.8, 4) is 0 Å². The third kappa shape index (κ3) is 3.38. The molecule has 0 atom stereocenters. The summed E-state index contributed by atoms with van der Waals surface area (Å²) in [7, 11) is -1.85. The molecule has 2 aromatic carbocycles. The zero-order valence-electron chi connectivity index (χ0n) is 14.1. The highest BCUT2D eigenvalue weighted by molar-refractivity contribution is 7.89. The summed E-state index contributed by atoms with van der Waals surface area (Å²) in [5, 5.41) is 9.20. The molecule has 0 radical (unpaired) electrons. The van der Waals surface area contributed by atoms with Crippen molar-refractivity contribution in [3.63, 3.8) is 0 Å². The molecule has 132 valence electrons. The lowest BCUT2D eigenvalue weighted by Crippen LogP contribution is -2.34. The molecule has 0 saturated carbocycles. The standard InChI is InChI=1S/C18H20N2O4S/c1-13-9-15(18(21)22)11-16(10-13)25(23,24)20-8-7-19(2)17-6-4-3-5-14(17)12-20/h3-6,9-11H,7-8,12H2,1-2H3,(H,21,22). The SMILES string of the molecule is Cc1cc(C(=O)O)cc(S(=O)(=O)N2CCN(C)c3ccccc3C2)c1. The summed E-state index contributed by atoms with van der Waals surface area (Å²) < 4.78 is 27.6. The first-order chi connectivity index (χ1) is 11.8. The van der Waals surface area contributed by atoms with E-state index in [4.69, 9.17) is 0 Å². The fraction of sp³-hybridized carbons (Fsp3) is 0.278. The molecule has 0 aromatic heterocycles. The molecule has 6 nitrogen and oxygen atoms in total. The number of aromatic carboxylic acids is 1. The molecule has 0 fully saturated rings. The molecular formula is C18H20N2O4S. The van der Waals surface area contributed by atoms with E-state index in [1.807, 2.05) is 36.2 Å². The molecule has 0 bridgehead atoms. The molecule has 1 heterocycles. The molecule has 0 amide bonds. The highest BCUT2D eigenvalue weighted by Crippen LogP contribution is 2.28. The number of fused-ring (bicyclic) bond motifs is 1. The molecule has 3 rings (SSSR count). The number of sulfonamides is 1. The lowest BCUT2D eigenvalue weighted by molar-refractivity contribution is 0.0696. The summed E-state index contributed by atoms with van der Waals surface area (Å²) in [4.78, 5) is 13.3. The Kier molecular flexibility index (Phi) is 4.53. The van der Waals surface area contributed by atoms with Crippen molar-refractivity contribution in [2.24, 2.45) is 0 Å². The third-order valence-electron chi connectivity index (χ3n) is 4.37. The molecule has 1 N–H and O–H groups in total. The van der Waals surface area contributed by atoms with Gasteiger partial charge in [0.25, 0.3) is 0 Å². The Morgan fingerprint density at radius 1 is 1.12 bits per heavy atom. The van der Waals surface area contributed by atoms with Crippen LogP contribution in [0.4, 0.5) is 5.69 Å². The van der Waals surface area contributed by atoms with Gasteiger partial charge in [0.05, 0.1) is 10.5 Å². The van der Waals surface area contributed by atoms with Gasteiger partial charge in [-0.05, 0) is 42.3 Å². The zero-order valence-corrected chi connectivity index (χ0v) is 15.0. The monoisotopic (exact) mass is 360 g/mol. The van der Waals surface area contributed by atoms with Crippen LogP contribution in [-0.4, -0.2) is 43.9 Å². The first kappa shape index (κ1) is 17.4. The van der Waals surface area contributed by atoms with Crippen molar-refractivity contribution in [2.45, 2.75) is 18.4 Å². The van der Waals surface area contributed by atoms with Crippen molar-refractivity contribution in [1.82, 2.24) is 4.31 Å². The quantitative estimate of drug-likeness (QED) is 0.909. The molecule has 7 heteroatoms. The fourth-order valence-corrected chi connectivity index (χ4v) is 4.58. The van der Waals surface area contributed by atoms with Gasteiger partial charge in [0.15, 0.2) is 0 Å². The number of carbonyl (C=O) groups is 1. The lowest BCUT2D eigenvalue weighted by atomic mass is 10.1. The molecule has 0 unspecified atom stereocenters. The average molecular weight is 360 g/mol. The van der Waals surface area contributed by atoms with Gasteiger partial charge in [-0.3, -0.25) is 0 Å². The number of benzene rings is 2. The minimum absolute atomic E-state index is 0.0203. The van der Waals surface area contributed by atoms with Gasteiger partial charge >= 0.3 is 5.97 Å². The number of carboxylic acids is 1. The van der Waals surface area contributed by atoms with Crippen LogP contribution in [0.2, 0.25) is 0 Å². The second-order valence-corrected chi connectivity index (χ2v) is 8.17. The molecule has 2 aromatic rings. The Hall–Kier alpha value is -2.38. The Bertz CT molecular complexity index is 924. The second-order valence-electron chi connectivity index (χ2n) is 6.23. The molecule has 0 spiro atoms. The first-order valence-corrected chi connectivity index (χ1v) is 9.37. The zero-order chi connectivity index (χ0) is 18.2. The summed E-state index contributed by atoms with van der Waals surface area (Å²) in [6, 6.07) is 11.9. The fourth-order valence-electron chi connectivity index (χ4n) is 3.04. The Morgan fingerprint density at radius 2 is 1.84 bits per heavy atom. The van der Waals surface area contributed by atoms with Gasteiger partial charge < -0.3 is 10.0 Å². The van der Waals surface area contributed by atoms with Crippen molar-refractivity contribution in [2.75, 3.05) is 25.0 Å². The van der Waals surface area contributed by atoms with Crippen LogP contribution in [0.1, 0.15) is 21.5 Å². The Labute approximate surface area is 147 Å². The van der Waals surface area contributed by atoms with Crippen LogP contribution in [0, 0.1) is 6.92 Å². The summed E-state index contributed by atoms with van der Waals surface area (Å²) in [5.74, 6) is -1.14. The van der Waals surface area contributed by atoms with Crippen LogP contribution in [-0.2, 0) is 16.6 Å². The minimum Gasteiger partial charge on any atom is -0.478 e. The Balaban J connectivity index is 2.02. The van der Waals surface area contributed by atoms with Crippen molar-refractivity contribution >= 4 is 21.7 Å². The van der Waals surface area contributed by atoms with E-state index in [9.17, 15) is 18.3 Å². The van der Waals surface area contributed by atoms with Crippen LogP contribution in [0.15, 0.2) is 47.4 Å². The maximum Gasteiger partial charge on any atom is 0.335 e. The van der Waals surface area contributed by atoms with E-state index in [-0.39, 0.29) is 17.0 Å². The van der Waals surface area contributed by atoms with E-state index in [1.54, 1.807) is 6.92 Å². The summed E-state index contributed by atoms with van der Waals surface area (Å²) in [5.41, 5.74) is 2.52. The predicted molar refractivity (Wildman–Crippen MR) is 95.4 cm³/mol. The van der Waals surface area contributed by atoms with Crippen LogP contribution >= 0.6 is 0 Å². The molecule has 25 heavy (non-hydrogen) atoms. The molecule has 1 aliphatic heterocycles. The minimum atomic E-state index is -3.79. The summed E-state index contributed by atoms with van der Waals surface area (Å²) >= 11 is 0. The van der Waals surface area contributed by atoms with Crippen molar-refractivity contribution in [3.05, 3.63) is 59.2 Å². The highest BCUT2D eigenvalue weighted by Gasteiger charge is 2.29. The molecular weight excluding hydrogens is 340 g/mol. The largest absolute Gasteiger partial charge is 0.478 e. The van der Waals surface area contributed by atoms with E-state index in [0.717, 1.165) is 11.3 Å². The Morgan fingerprint density at radius 3 is 2.56 bits per heavy atom. The lowest BCUT2D eigenvalue weighted by Gasteiger charge is -2.21. The van der Waals surface area contributed by atoms with E-state index in [0.29, 0.717) is 18.7 Å². The predicted octanol–water partition coefficient (Wildman–Crippen LogP) is 2.33. The van der Waals surface area contributed by atoms with Gasteiger partial charge in [-0.15, -0.1) is 0 Å². The third-order valence-corrected chi connectivity index (χ3v) is 6.19. The number of carboxylic acid groups (broad SMARTS) is 1. The van der Waals surface area contributed by atoms with E-state index in [2.05, 4.69) is 0 Å². The second kappa shape index (κ2) is 6.50. The highest BCUT2D eigenvalue weighted by atomic mass is 32.2. The van der Waals surface area contributed by atoms with Crippen LogP contribution < -0.4 is 4.90 Å². The first-order valence-electron chi connectivity index (χ1n) is 7.93. The van der Waals surface area contributed by atoms with Crippen LogP contribution in [0.5, 0.6) is 0 Å². The number of hydrogen-bond acceptors (Lipinski definition) is 4. The number of para-hydroxylation sites is 1. The van der Waals surface area contributed by atoms with Gasteiger partial charge in [-0.25, -0.2) is 13.2 Å². The number of hydrogen-bond donors (Lipinski definition) is 1. The van der Waals surface area contributed by atoms with Crippen molar-refractivity contribution in [1.29, 1.82) is 0 Å². The average Bonchev–Trinajstić information content (AvgIpc) is 2.74. The summed E-state index contributed by atoms with van der Waals surface area (Å²) in [6.45, 7) is 2.86. The number of likely N-dealkylation sites (N-methyl/N-ethyl adjacent to an activating group) is 1. The summed E-state index contributed by atoms with van der Waals surface area (Å²) in [6.07, 6.45) is 0. The van der Waals surface area contributed by atoms with Gasteiger partial charge in [0.2, 0.25) is 10.0 Å². The molecule has 0 aliphatic carbocycles. The maximum absolute atomic E-state index is 13.1. The van der Waals surface area contributed by atoms with Crippen molar-refractivity contribution < 1.29 is 18.3 Å². The van der Waals surface area contributed by atoms with Crippen LogP contribution in [0.25, 0.3) is 0 Å². The molecule has 0 saturated heterocycles. The van der Waals surface area contributed by atoms with E-state index < -0.39 is 16.0 Å². The molecule has 1 aliphatic rings. The van der Waals surface area contributed by atoms with Crippen LogP contribution in [0.3, 0.4) is 0 Å². The van der Waals surface area contributed by atoms with Gasteiger partial charge in [0, 0.05) is 32.4 Å². The topological polar surface area (TPSA) is 77.9 Å². The van der Waals surface area contributed by atoms with E-state index >= 15 is 0 Å². The number of rotatable bonds is 3. The van der Waals surface area contributed by atoms with Gasteiger partial charge in [-0.2, -0.15) is 4.31 Å².